The molecule has 0 radical (unpaired) electrons. The van der Waals surface area contributed by atoms with Crippen LogP contribution in [0.5, 0.6) is 0 Å². The maximum Gasteiger partial charge on any atom is 0.416 e. The molecule has 0 aliphatic carbocycles. The van der Waals surface area contributed by atoms with Crippen LogP contribution >= 0.6 is 0 Å². The highest BCUT2D eigenvalue weighted by atomic mass is 32.2. The normalized spacial score (nSPS) is 14.0. The summed E-state index contributed by atoms with van der Waals surface area (Å²) in [6.07, 6.45) is -10.7. The lowest BCUT2D eigenvalue weighted by Gasteiger charge is -2.26. The molecule has 208 valence electrons. The molecule has 0 heterocycles. The second kappa shape index (κ2) is 10.6. The van der Waals surface area contributed by atoms with E-state index in [4.69, 9.17) is 5.73 Å². The molecular weight excluding hydrogens is 562 g/mol. The van der Waals surface area contributed by atoms with Crippen molar-refractivity contribution < 1.29 is 44.6 Å². The molecule has 0 bridgehead atoms. The fourth-order valence-corrected chi connectivity index (χ4v) is 4.85. The number of hydrogen-bond donors (Lipinski definition) is 2. The smallest absolute Gasteiger partial charge is 0.322 e. The van der Waals surface area contributed by atoms with Crippen molar-refractivity contribution in [3.8, 4) is 0 Å². The molecule has 0 fully saturated rings. The summed E-state index contributed by atoms with van der Waals surface area (Å²) >= 11 is 0. The van der Waals surface area contributed by atoms with Crippen molar-refractivity contribution in [1.82, 2.24) is 4.72 Å². The summed E-state index contributed by atoms with van der Waals surface area (Å²) in [6, 6.07) is 5.18. The number of alkyl halides is 6. The number of sulfonamides is 1. The molecule has 0 spiro atoms. The van der Waals surface area contributed by atoms with Crippen LogP contribution in [0, 0.1) is 20.2 Å². The lowest BCUT2D eigenvalue weighted by atomic mass is 9.94. The summed E-state index contributed by atoms with van der Waals surface area (Å²) in [5.41, 5.74) is 1.11. The Morgan fingerprint density at radius 3 is 1.62 bits per heavy atom. The average Bonchev–Trinajstić information content (AvgIpc) is 2.85. The van der Waals surface area contributed by atoms with E-state index in [1.165, 1.54) is 18.2 Å². The Hall–Kier alpha value is -4.09. The number of nitrogens with zero attached hydrogens (tertiary/aromatic N) is 2. The van der Waals surface area contributed by atoms with Gasteiger partial charge in [-0.05, 0) is 29.3 Å². The van der Waals surface area contributed by atoms with Gasteiger partial charge in [-0.1, -0.05) is 24.3 Å². The molecule has 3 rings (SSSR count). The van der Waals surface area contributed by atoms with Crippen molar-refractivity contribution in [2.75, 3.05) is 0 Å². The number of benzene rings is 3. The van der Waals surface area contributed by atoms with E-state index in [1.807, 2.05) is 4.72 Å². The predicted molar refractivity (Wildman–Crippen MR) is 123 cm³/mol. The number of halogens is 6. The Labute approximate surface area is 215 Å². The van der Waals surface area contributed by atoms with Crippen molar-refractivity contribution in [2.45, 2.75) is 29.3 Å². The minimum absolute atomic E-state index is 0.0129. The molecule has 0 saturated heterocycles. The largest absolute Gasteiger partial charge is 0.416 e. The summed E-state index contributed by atoms with van der Waals surface area (Å²) in [7, 11) is -5.22. The lowest BCUT2D eigenvalue weighted by molar-refractivity contribution is -0.385. The molecule has 0 saturated carbocycles. The molecular formula is C22H16F6N4O6S. The van der Waals surface area contributed by atoms with Crippen molar-refractivity contribution in [1.29, 1.82) is 0 Å². The molecule has 0 aromatic heterocycles. The van der Waals surface area contributed by atoms with Crippen LogP contribution in [0.15, 0.2) is 71.6 Å². The van der Waals surface area contributed by atoms with Gasteiger partial charge in [-0.2, -0.15) is 26.3 Å². The monoisotopic (exact) mass is 578 g/mol. The second-order valence-corrected chi connectivity index (χ2v) is 9.78. The Bertz CT molecular complexity index is 1500. The molecule has 3 aromatic rings. The summed E-state index contributed by atoms with van der Waals surface area (Å²) in [5, 5.41) is 22.4. The van der Waals surface area contributed by atoms with Gasteiger partial charge >= 0.3 is 12.4 Å². The molecule has 3 aromatic carbocycles. The van der Waals surface area contributed by atoms with Gasteiger partial charge in [0.2, 0.25) is 10.0 Å². The zero-order valence-electron chi connectivity index (χ0n) is 19.1. The van der Waals surface area contributed by atoms with Crippen molar-refractivity contribution in [2.24, 2.45) is 5.73 Å². The first kappa shape index (κ1) is 29.5. The van der Waals surface area contributed by atoms with E-state index >= 15 is 0 Å². The summed E-state index contributed by atoms with van der Waals surface area (Å²) in [4.78, 5) is 19.4. The van der Waals surface area contributed by atoms with E-state index in [0.717, 1.165) is 30.3 Å². The molecule has 2 atom stereocenters. The van der Waals surface area contributed by atoms with Gasteiger partial charge in [0.05, 0.1) is 38.0 Å². The van der Waals surface area contributed by atoms with Gasteiger partial charge in [-0.25, -0.2) is 13.1 Å². The number of rotatable bonds is 8. The minimum atomic E-state index is -5.34. The molecule has 0 amide bonds. The first-order valence-electron chi connectivity index (χ1n) is 10.5. The third-order valence-corrected chi connectivity index (χ3v) is 6.84. The number of nitrogens with one attached hydrogen (secondary N) is 1. The molecule has 39 heavy (non-hydrogen) atoms. The minimum Gasteiger partial charge on any atom is -0.322 e. The standard InChI is InChI=1S/C22H16F6N4O6S/c23-21(24,25)14-9-15(22(26,27)28)11-18(10-14)39(37,38)30-20(13-4-2-6-17(8-13)32(35)36)19(29)12-3-1-5-16(7-12)31(33)34/h1-11,19-20,30H,29H2/t19-,20-/m1/s1. The van der Waals surface area contributed by atoms with Crippen LogP contribution in [-0.2, 0) is 22.4 Å². The molecule has 0 aliphatic rings. The molecule has 0 unspecified atom stereocenters. The zero-order valence-corrected chi connectivity index (χ0v) is 19.9. The van der Waals surface area contributed by atoms with Crippen LogP contribution in [0.25, 0.3) is 0 Å². The van der Waals surface area contributed by atoms with Gasteiger partial charge in [0.25, 0.3) is 11.4 Å². The molecule has 3 N–H and O–H groups in total. The van der Waals surface area contributed by atoms with Crippen LogP contribution in [0.2, 0.25) is 0 Å². The SMILES string of the molecule is N[C@H](c1cccc([N+](=O)[O-])c1)[C@H](NS(=O)(=O)c1cc(C(F)(F)F)cc(C(F)(F)F)c1)c1cccc([N+](=O)[O-])c1. The fraction of sp³-hybridized carbons (Fsp3) is 0.182. The Balaban J connectivity index is 2.19. The third kappa shape index (κ3) is 6.87. The lowest BCUT2D eigenvalue weighted by Crippen LogP contribution is -2.36. The fourth-order valence-electron chi connectivity index (χ4n) is 3.54. The predicted octanol–water partition coefficient (Wildman–Crippen LogP) is 5.26. The highest BCUT2D eigenvalue weighted by Gasteiger charge is 2.39. The van der Waals surface area contributed by atoms with E-state index in [1.54, 1.807) is 0 Å². The van der Waals surface area contributed by atoms with Crippen molar-refractivity contribution in [3.05, 3.63) is 109 Å². The zero-order chi connectivity index (χ0) is 29.3. The topological polar surface area (TPSA) is 158 Å². The van der Waals surface area contributed by atoms with Gasteiger partial charge < -0.3 is 5.73 Å². The second-order valence-electron chi connectivity index (χ2n) is 8.07. The van der Waals surface area contributed by atoms with Crippen LogP contribution in [0.1, 0.15) is 34.3 Å². The number of non-ortho nitro benzene ring substituents is 2. The number of nitro benzene ring substituents is 2. The number of nitro groups is 2. The van der Waals surface area contributed by atoms with E-state index in [9.17, 15) is 55.0 Å². The van der Waals surface area contributed by atoms with E-state index < -0.39 is 71.7 Å². The van der Waals surface area contributed by atoms with Gasteiger partial charge in [-0.15, -0.1) is 0 Å². The third-order valence-electron chi connectivity index (χ3n) is 5.42. The van der Waals surface area contributed by atoms with Crippen LogP contribution in [0.4, 0.5) is 37.7 Å². The average molecular weight is 578 g/mol. The summed E-state index contributed by atoms with van der Waals surface area (Å²) < 4.78 is 108. The van der Waals surface area contributed by atoms with E-state index in [0.29, 0.717) is 0 Å². The maximum atomic E-state index is 13.3. The Kier molecular flexibility index (Phi) is 8.00. The van der Waals surface area contributed by atoms with Crippen LogP contribution in [0.3, 0.4) is 0 Å². The highest BCUT2D eigenvalue weighted by molar-refractivity contribution is 7.89. The van der Waals surface area contributed by atoms with Gasteiger partial charge in [0.1, 0.15) is 0 Å². The Morgan fingerprint density at radius 1 is 0.744 bits per heavy atom. The quantitative estimate of drug-likeness (QED) is 0.210. The van der Waals surface area contributed by atoms with Gasteiger partial charge in [0.15, 0.2) is 0 Å². The van der Waals surface area contributed by atoms with E-state index in [2.05, 4.69) is 0 Å². The number of hydrogen-bond acceptors (Lipinski definition) is 7. The molecule has 17 heteroatoms. The van der Waals surface area contributed by atoms with Crippen LogP contribution < -0.4 is 10.5 Å². The summed E-state index contributed by atoms with van der Waals surface area (Å²) in [6.45, 7) is 0. The van der Waals surface area contributed by atoms with Crippen molar-refractivity contribution >= 4 is 21.4 Å². The highest BCUT2D eigenvalue weighted by Crippen LogP contribution is 2.38. The van der Waals surface area contributed by atoms with Gasteiger partial charge in [0, 0.05) is 24.3 Å². The first-order valence-corrected chi connectivity index (χ1v) is 11.9. The van der Waals surface area contributed by atoms with Gasteiger partial charge in [-0.3, -0.25) is 20.2 Å². The van der Waals surface area contributed by atoms with E-state index in [-0.39, 0.29) is 29.3 Å². The number of nitrogens with two attached hydrogens (primary N) is 1. The Morgan fingerprint density at radius 2 is 1.18 bits per heavy atom. The molecule has 0 aliphatic heterocycles. The molecule has 10 nitrogen and oxygen atoms in total. The van der Waals surface area contributed by atoms with Crippen molar-refractivity contribution in [3.63, 3.8) is 0 Å². The van der Waals surface area contributed by atoms with Crippen LogP contribution in [-0.4, -0.2) is 18.3 Å². The summed E-state index contributed by atoms with van der Waals surface area (Å²) in [5.74, 6) is 0. The first-order chi connectivity index (χ1) is 17.9. The maximum absolute atomic E-state index is 13.3.